The predicted octanol–water partition coefficient (Wildman–Crippen LogP) is 2.30. The number of carbonyl (C=O) groups is 1. The van der Waals surface area contributed by atoms with Gasteiger partial charge in [-0.2, -0.15) is 0 Å². The van der Waals surface area contributed by atoms with E-state index in [1.807, 2.05) is 33.0 Å². The van der Waals surface area contributed by atoms with Crippen molar-refractivity contribution in [3.8, 4) is 0 Å². The molecular formula is C23H35N5O4. The van der Waals surface area contributed by atoms with Gasteiger partial charge in [0.25, 0.3) is 11.5 Å². The van der Waals surface area contributed by atoms with Gasteiger partial charge in [0, 0.05) is 51.6 Å². The van der Waals surface area contributed by atoms with Crippen molar-refractivity contribution in [3.05, 3.63) is 50.7 Å². The summed E-state index contributed by atoms with van der Waals surface area (Å²) in [5, 5.41) is 0. The van der Waals surface area contributed by atoms with Gasteiger partial charge in [-0.15, -0.1) is 0 Å². The first-order valence-electron chi connectivity index (χ1n) is 11.0. The van der Waals surface area contributed by atoms with Crippen LogP contribution in [0.2, 0.25) is 0 Å². The Morgan fingerprint density at radius 2 is 1.84 bits per heavy atom. The highest BCUT2D eigenvalue weighted by Crippen LogP contribution is 2.22. The molecule has 9 heteroatoms. The smallest absolute Gasteiger partial charge is 0.330 e. The first kappa shape index (κ1) is 25.2. The van der Waals surface area contributed by atoms with Crippen molar-refractivity contribution in [2.45, 2.75) is 40.2 Å². The number of rotatable bonds is 11. The van der Waals surface area contributed by atoms with Gasteiger partial charge < -0.3 is 20.3 Å². The molecule has 2 rings (SSSR count). The van der Waals surface area contributed by atoms with Crippen LogP contribution in [0.5, 0.6) is 0 Å². The Morgan fingerprint density at radius 1 is 1.19 bits per heavy atom. The van der Waals surface area contributed by atoms with Crippen molar-refractivity contribution in [2.75, 3.05) is 49.4 Å². The average Bonchev–Trinajstić information content (AvgIpc) is 2.75. The quantitative estimate of drug-likeness (QED) is 0.513. The van der Waals surface area contributed by atoms with Crippen LogP contribution in [0.3, 0.4) is 0 Å². The molecule has 0 unspecified atom stereocenters. The highest BCUT2D eigenvalue weighted by atomic mass is 16.5. The molecule has 0 radical (unpaired) electrons. The maximum absolute atomic E-state index is 13.4. The Morgan fingerprint density at radius 3 is 2.41 bits per heavy atom. The van der Waals surface area contributed by atoms with E-state index < -0.39 is 11.2 Å². The second-order valence-corrected chi connectivity index (χ2v) is 8.27. The number of hydrogen-bond donors (Lipinski definition) is 2. The van der Waals surface area contributed by atoms with Crippen molar-refractivity contribution < 1.29 is 9.53 Å². The van der Waals surface area contributed by atoms with Crippen LogP contribution in [0.15, 0.2) is 33.9 Å². The number of methoxy groups -OCH3 is 1. The van der Waals surface area contributed by atoms with Crippen LogP contribution in [0.25, 0.3) is 0 Å². The van der Waals surface area contributed by atoms with E-state index in [4.69, 9.17) is 10.5 Å². The molecule has 0 fully saturated rings. The van der Waals surface area contributed by atoms with Gasteiger partial charge in [0.2, 0.25) is 0 Å². The van der Waals surface area contributed by atoms with Gasteiger partial charge in [0.1, 0.15) is 5.82 Å². The molecule has 2 aromatic rings. The molecule has 0 aliphatic rings. The summed E-state index contributed by atoms with van der Waals surface area (Å²) in [6.45, 7) is 7.84. The number of aromatic amines is 1. The number of anilines is 3. The Balaban J connectivity index is 2.49. The zero-order chi connectivity index (χ0) is 23.8. The fraction of sp³-hybridized carbons (Fsp3) is 0.522. The van der Waals surface area contributed by atoms with Gasteiger partial charge in [-0.1, -0.05) is 20.8 Å². The number of nitrogens with two attached hydrogens (primary N) is 1. The lowest BCUT2D eigenvalue weighted by Gasteiger charge is -2.25. The molecule has 0 aliphatic carbocycles. The van der Waals surface area contributed by atoms with E-state index in [1.165, 1.54) is 9.47 Å². The Hall–Kier alpha value is -3.07. The number of aromatic nitrogens is 2. The lowest BCUT2D eigenvalue weighted by Crippen LogP contribution is -2.42. The van der Waals surface area contributed by atoms with Crippen LogP contribution in [-0.2, 0) is 11.3 Å². The van der Waals surface area contributed by atoms with E-state index in [0.29, 0.717) is 25.1 Å². The number of ether oxygens (including phenoxy) is 1. The topological polar surface area (TPSA) is 114 Å². The van der Waals surface area contributed by atoms with E-state index in [1.54, 1.807) is 19.2 Å². The molecule has 1 heterocycles. The fourth-order valence-electron chi connectivity index (χ4n) is 3.55. The molecule has 1 aromatic heterocycles. The number of nitrogen functional groups attached to an aromatic ring is 1. The molecule has 0 aliphatic heterocycles. The van der Waals surface area contributed by atoms with Gasteiger partial charge in [-0.3, -0.25) is 19.1 Å². The summed E-state index contributed by atoms with van der Waals surface area (Å²) in [7, 11) is 3.57. The summed E-state index contributed by atoms with van der Waals surface area (Å²) in [4.78, 5) is 44.3. The fourth-order valence-corrected chi connectivity index (χ4v) is 3.55. The van der Waals surface area contributed by atoms with Gasteiger partial charge in [0.05, 0.1) is 0 Å². The van der Waals surface area contributed by atoms with Crippen LogP contribution >= 0.6 is 0 Å². The van der Waals surface area contributed by atoms with E-state index in [-0.39, 0.29) is 29.9 Å². The minimum Gasteiger partial charge on any atom is -0.385 e. The average molecular weight is 446 g/mol. The number of H-pyrrole nitrogens is 1. The molecule has 0 spiro atoms. The predicted molar refractivity (Wildman–Crippen MR) is 129 cm³/mol. The van der Waals surface area contributed by atoms with Crippen molar-refractivity contribution in [1.82, 2.24) is 9.55 Å². The van der Waals surface area contributed by atoms with Crippen LogP contribution in [0.4, 0.5) is 17.2 Å². The number of nitrogens with zero attached hydrogens (tertiary/aromatic N) is 3. The van der Waals surface area contributed by atoms with E-state index >= 15 is 0 Å². The van der Waals surface area contributed by atoms with Crippen LogP contribution < -0.4 is 26.8 Å². The zero-order valence-electron chi connectivity index (χ0n) is 19.7. The number of hydrogen-bond acceptors (Lipinski definition) is 6. The minimum atomic E-state index is -0.683. The van der Waals surface area contributed by atoms with Crippen LogP contribution in [0, 0.1) is 5.92 Å². The van der Waals surface area contributed by atoms with Gasteiger partial charge in [0.15, 0.2) is 5.69 Å². The summed E-state index contributed by atoms with van der Waals surface area (Å²) < 4.78 is 6.43. The van der Waals surface area contributed by atoms with Crippen molar-refractivity contribution >= 4 is 23.1 Å². The van der Waals surface area contributed by atoms with Gasteiger partial charge >= 0.3 is 5.69 Å². The summed E-state index contributed by atoms with van der Waals surface area (Å²) in [5.74, 6) is -0.255. The maximum Gasteiger partial charge on any atom is 0.330 e. The molecule has 9 nitrogen and oxygen atoms in total. The highest BCUT2D eigenvalue weighted by Gasteiger charge is 2.25. The summed E-state index contributed by atoms with van der Waals surface area (Å²) in [5.41, 5.74) is 6.40. The van der Waals surface area contributed by atoms with E-state index in [0.717, 1.165) is 18.7 Å². The largest absolute Gasteiger partial charge is 0.385 e. The molecule has 1 amide bonds. The first-order valence-corrected chi connectivity index (χ1v) is 11.0. The van der Waals surface area contributed by atoms with E-state index in [2.05, 4.69) is 16.8 Å². The molecule has 0 saturated heterocycles. The normalized spacial score (nSPS) is 11.1. The lowest BCUT2D eigenvalue weighted by atomic mass is 10.1. The SMILES string of the molecule is CCCN(C)c1ccc(C(=O)N(CCCOC)c2c(N)n(CC(C)C)c(=O)[nH]c2=O)cc1. The third-order valence-corrected chi connectivity index (χ3v) is 5.12. The first-order chi connectivity index (χ1) is 15.2. The summed E-state index contributed by atoms with van der Waals surface area (Å²) >= 11 is 0. The number of benzene rings is 1. The van der Waals surface area contributed by atoms with Gasteiger partial charge in [-0.05, 0) is 43.0 Å². The monoisotopic (exact) mass is 445 g/mol. The minimum absolute atomic E-state index is 0.0152. The molecule has 32 heavy (non-hydrogen) atoms. The Kier molecular flexibility index (Phi) is 9.07. The molecule has 0 bridgehead atoms. The third kappa shape index (κ3) is 6.00. The van der Waals surface area contributed by atoms with Gasteiger partial charge in [-0.25, -0.2) is 4.79 Å². The molecular weight excluding hydrogens is 410 g/mol. The summed E-state index contributed by atoms with van der Waals surface area (Å²) in [6, 6.07) is 7.23. The molecule has 1 aromatic carbocycles. The lowest BCUT2D eigenvalue weighted by molar-refractivity contribution is 0.0983. The van der Waals surface area contributed by atoms with Crippen LogP contribution in [-0.4, -0.2) is 49.3 Å². The number of amides is 1. The maximum atomic E-state index is 13.4. The second-order valence-electron chi connectivity index (χ2n) is 8.27. The molecule has 176 valence electrons. The third-order valence-electron chi connectivity index (χ3n) is 5.12. The van der Waals surface area contributed by atoms with E-state index in [9.17, 15) is 14.4 Å². The standard InChI is InChI=1S/C23H35N5O4/c1-6-12-26(4)18-10-8-17(9-11-18)22(30)27(13-7-14-32-5)19-20(24)28(15-16(2)3)23(31)25-21(19)29/h8-11,16H,6-7,12-15,24H2,1-5H3,(H,25,29,31). The Labute approximate surface area is 188 Å². The van der Waals surface area contributed by atoms with Crippen LogP contribution in [0.1, 0.15) is 44.0 Å². The Bertz CT molecular complexity index is 1010. The molecule has 0 saturated carbocycles. The summed E-state index contributed by atoms with van der Waals surface area (Å²) in [6.07, 6.45) is 1.51. The number of carbonyl (C=O) groups excluding carboxylic acids is 1. The second kappa shape index (κ2) is 11.5. The zero-order valence-corrected chi connectivity index (χ0v) is 19.7. The molecule has 0 atom stereocenters. The number of nitrogens with one attached hydrogen (secondary N) is 1. The van der Waals surface area contributed by atoms with Crippen molar-refractivity contribution in [1.29, 1.82) is 0 Å². The van der Waals surface area contributed by atoms with Crippen molar-refractivity contribution in [3.63, 3.8) is 0 Å². The molecule has 3 N–H and O–H groups in total. The van der Waals surface area contributed by atoms with Crippen molar-refractivity contribution in [2.24, 2.45) is 5.92 Å². The highest BCUT2D eigenvalue weighted by molar-refractivity contribution is 6.07.